The minimum atomic E-state index is -0.903. The third-order valence-corrected chi connectivity index (χ3v) is 1.82. The second kappa shape index (κ2) is 7.49. The molecule has 0 rings (SSSR count). The fourth-order valence-corrected chi connectivity index (χ4v) is 0.949. The first-order chi connectivity index (χ1) is 7.45. The fraction of sp³-hybridized carbons (Fsp3) is 0.667. The van der Waals surface area contributed by atoms with E-state index >= 15 is 0 Å². The molecule has 4 N–H and O–H groups in total. The number of carbonyl (C=O) groups is 3. The van der Waals surface area contributed by atoms with Gasteiger partial charge in [0.2, 0.25) is 5.91 Å². The first-order valence-electron chi connectivity index (χ1n) is 4.89. The molecule has 0 saturated carbocycles. The zero-order valence-electron chi connectivity index (χ0n) is 9.37. The summed E-state index contributed by atoms with van der Waals surface area (Å²) in [5, 5.41) is 15.6. The van der Waals surface area contributed by atoms with E-state index in [4.69, 9.17) is 5.11 Å². The monoisotopic (exact) mass is 231 g/mol. The zero-order chi connectivity index (χ0) is 12.6. The summed E-state index contributed by atoms with van der Waals surface area (Å²) in [5.41, 5.74) is 0. The largest absolute Gasteiger partial charge is 0.481 e. The van der Waals surface area contributed by atoms with Crippen molar-refractivity contribution in [3.63, 3.8) is 0 Å². The van der Waals surface area contributed by atoms with Crippen molar-refractivity contribution in [2.75, 3.05) is 20.1 Å². The minimum absolute atomic E-state index is 0.00424. The number of amides is 3. The third kappa shape index (κ3) is 7.60. The van der Waals surface area contributed by atoms with Gasteiger partial charge in [0.25, 0.3) is 0 Å². The second-order valence-corrected chi connectivity index (χ2v) is 3.44. The number of carboxylic acids is 1. The molecule has 0 aromatic carbocycles. The molecular weight excluding hydrogens is 214 g/mol. The van der Waals surface area contributed by atoms with E-state index in [9.17, 15) is 14.4 Å². The summed E-state index contributed by atoms with van der Waals surface area (Å²) in [6, 6.07) is -0.485. The molecule has 0 saturated heterocycles. The molecule has 0 aromatic heterocycles. The Balaban J connectivity index is 3.64. The van der Waals surface area contributed by atoms with E-state index in [1.807, 2.05) is 0 Å². The van der Waals surface area contributed by atoms with Crippen LogP contribution in [-0.2, 0) is 9.59 Å². The maximum atomic E-state index is 11.1. The predicted octanol–water partition coefficient (Wildman–Crippen LogP) is -0.858. The zero-order valence-corrected chi connectivity index (χ0v) is 9.37. The molecule has 0 aliphatic rings. The molecular formula is C9H17N3O4. The van der Waals surface area contributed by atoms with Gasteiger partial charge in [-0.2, -0.15) is 0 Å². The van der Waals surface area contributed by atoms with Gasteiger partial charge in [0.05, 0.1) is 6.54 Å². The van der Waals surface area contributed by atoms with Gasteiger partial charge in [0.15, 0.2) is 0 Å². The van der Waals surface area contributed by atoms with Crippen LogP contribution < -0.4 is 16.0 Å². The predicted molar refractivity (Wildman–Crippen MR) is 56.9 cm³/mol. The van der Waals surface area contributed by atoms with Crippen LogP contribution in [-0.4, -0.2) is 43.2 Å². The summed E-state index contributed by atoms with van der Waals surface area (Å²) in [6.07, 6.45) is -0.00424. The maximum absolute atomic E-state index is 11.1. The highest BCUT2D eigenvalue weighted by atomic mass is 16.4. The summed E-state index contributed by atoms with van der Waals surface area (Å²) >= 11 is 0. The van der Waals surface area contributed by atoms with E-state index in [0.717, 1.165) is 0 Å². The molecule has 0 radical (unpaired) electrons. The van der Waals surface area contributed by atoms with Gasteiger partial charge in [-0.1, -0.05) is 6.92 Å². The lowest BCUT2D eigenvalue weighted by Crippen LogP contribution is -2.42. The molecule has 1 atom stereocenters. The van der Waals surface area contributed by atoms with Crippen molar-refractivity contribution < 1.29 is 19.5 Å². The van der Waals surface area contributed by atoms with Crippen molar-refractivity contribution in [1.82, 2.24) is 16.0 Å². The molecule has 0 aliphatic carbocycles. The van der Waals surface area contributed by atoms with Crippen molar-refractivity contribution >= 4 is 17.9 Å². The topological polar surface area (TPSA) is 108 Å². The summed E-state index contributed by atoms with van der Waals surface area (Å²) in [7, 11) is 1.47. The first kappa shape index (κ1) is 14.2. The first-order valence-corrected chi connectivity index (χ1v) is 4.89. The van der Waals surface area contributed by atoms with Gasteiger partial charge in [-0.05, 0) is 5.92 Å². The van der Waals surface area contributed by atoms with E-state index < -0.39 is 12.0 Å². The Morgan fingerprint density at radius 1 is 1.25 bits per heavy atom. The van der Waals surface area contributed by atoms with Crippen LogP contribution in [0.1, 0.15) is 13.3 Å². The summed E-state index contributed by atoms with van der Waals surface area (Å²) < 4.78 is 0. The smallest absolute Gasteiger partial charge is 0.315 e. The highest BCUT2D eigenvalue weighted by molar-refractivity contribution is 5.83. The van der Waals surface area contributed by atoms with Crippen LogP contribution in [0.2, 0.25) is 0 Å². The Morgan fingerprint density at radius 3 is 2.38 bits per heavy atom. The summed E-state index contributed by atoms with van der Waals surface area (Å²) in [5.74, 6) is -1.35. The quantitative estimate of drug-likeness (QED) is 0.477. The third-order valence-electron chi connectivity index (χ3n) is 1.82. The van der Waals surface area contributed by atoms with Crippen LogP contribution in [0, 0.1) is 5.92 Å². The number of carboxylic acid groups (broad SMARTS) is 1. The van der Waals surface area contributed by atoms with Gasteiger partial charge in [-0.15, -0.1) is 0 Å². The van der Waals surface area contributed by atoms with E-state index in [1.165, 1.54) is 7.05 Å². The molecule has 1 unspecified atom stereocenters. The Morgan fingerprint density at radius 2 is 1.88 bits per heavy atom. The van der Waals surface area contributed by atoms with E-state index in [-0.39, 0.29) is 31.3 Å². The highest BCUT2D eigenvalue weighted by Crippen LogP contribution is 1.98. The Kier molecular flexibility index (Phi) is 6.66. The second-order valence-electron chi connectivity index (χ2n) is 3.44. The average molecular weight is 231 g/mol. The normalized spacial score (nSPS) is 11.4. The fourth-order valence-electron chi connectivity index (χ4n) is 0.949. The standard InChI is InChI=1S/C9H17N3O4/c1-6(3-8(14)15)4-11-9(16)12-5-7(13)10-2/h6H,3-5H2,1-2H3,(H,10,13)(H,14,15)(H2,11,12,16). The van der Waals surface area contributed by atoms with E-state index in [1.54, 1.807) is 6.92 Å². The minimum Gasteiger partial charge on any atom is -0.481 e. The maximum Gasteiger partial charge on any atom is 0.315 e. The number of rotatable bonds is 6. The molecule has 0 heterocycles. The lowest BCUT2D eigenvalue weighted by atomic mass is 10.1. The van der Waals surface area contributed by atoms with Gasteiger partial charge in [0.1, 0.15) is 0 Å². The van der Waals surface area contributed by atoms with Gasteiger partial charge < -0.3 is 21.1 Å². The summed E-state index contributed by atoms with van der Waals surface area (Å²) in [4.78, 5) is 32.2. The highest BCUT2D eigenvalue weighted by Gasteiger charge is 2.09. The molecule has 0 aliphatic heterocycles. The molecule has 0 spiro atoms. The van der Waals surface area contributed by atoms with Gasteiger partial charge in [-0.25, -0.2) is 4.79 Å². The van der Waals surface area contributed by atoms with Crippen LogP contribution in [0.4, 0.5) is 4.79 Å². The van der Waals surface area contributed by atoms with Crippen LogP contribution in [0.15, 0.2) is 0 Å². The van der Waals surface area contributed by atoms with Crippen LogP contribution in [0.5, 0.6) is 0 Å². The average Bonchev–Trinajstić information content (AvgIpc) is 2.22. The molecule has 92 valence electrons. The molecule has 16 heavy (non-hydrogen) atoms. The Bertz CT molecular complexity index is 267. The van der Waals surface area contributed by atoms with Crippen molar-refractivity contribution in [3.8, 4) is 0 Å². The Hall–Kier alpha value is -1.79. The van der Waals surface area contributed by atoms with Crippen LogP contribution in [0.3, 0.4) is 0 Å². The molecule has 3 amide bonds. The molecule has 7 nitrogen and oxygen atoms in total. The van der Waals surface area contributed by atoms with Crippen LogP contribution in [0.25, 0.3) is 0 Å². The number of aliphatic carboxylic acids is 1. The van der Waals surface area contributed by atoms with Gasteiger partial charge >= 0.3 is 12.0 Å². The SMILES string of the molecule is CNC(=O)CNC(=O)NCC(C)CC(=O)O. The molecule has 7 heteroatoms. The number of likely N-dealkylation sites (N-methyl/N-ethyl adjacent to an activating group) is 1. The van der Waals surface area contributed by atoms with Gasteiger partial charge in [-0.3, -0.25) is 9.59 Å². The van der Waals surface area contributed by atoms with E-state index in [2.05, 4.69) is 16.0 Å². The number of urea groups is 1. The van der Waals surface area contributed by atoms with Crippen molar-refractivity contribution in [2.24, 2.45) is 5.92 Å². The van der Waals surface area contributed by atoms with Crippen molar-refractivity contribution in [2.45, 2.75) is 13.3 Å². The number of hydrogen-bond donors (Lipinski definition) is 4. The lowest BCUT2D eigenvalue weighted by Gasteiger charge is -2.10. The molecule has 0 aromatic rings. The van der Waals surface area contributed by atoms with Gasteiger partial charge in [0, 0.05) is 20.0 Å². The van der Waals surface area contributed by atoms with Crippen molar-refractivity contribution in [3.05, 3.63) is 0 Å². The number of carbonyl (C=O) groups excluding carboxylic acids is 2. The Labute approximate surface area is 93.6 Å². The number of hydrogen-bond acceptors (Lipinski definition) is 3. The molecule has 0 fully saturated rings. The molecule has 0 bridgehead atoms. The van der Waals surface area contributed by atoms with Crippen molar-refractivity contribution in [1.29, 1.82) is 0 Å². The number of nitrogens with one attached hydrogen (secondary N) is 3. The van der Waals surface area contributed by atoms with E-state index in [0.29, 0.717) is 0 Å². The lowest BCUT2D eigenvalue weighted by molar-refractivity contribution is -0.137. The van der Waals surface area contributed by atoms with Crippen LogP contribution >= 0.6 is 0 Å². The summed E-state index contributed by atoms with van der Waals surface area (Å²) in [6.45, 7) is 1.87.